The molecule has 25 heavy (non-hydrogen) atoms. The molecular weight excluding hydrogens is 326 g/mol. The van der Waals surface area contributed by atoms with E-state index in [0.29, 0.717) is 11.3 Å². The molecule has 0 aliphatic heterocycles. The highest BCUT2D eigenvalue weighted by atomic mass is 16.6. The zero-order valence-corrected chi connectivity index (χ0v) is 14.1. The number of aryl methyl sites for hydroxylation is 2. The van der Waals surface area contributed by atoms with Crippen LogP contribution in [0.2, 0.25) is 0 Å². The molecule has 0 atom stereocenters. The molecule has 130 valence electrons. The van der Waals surface area contributed by atoms with Crippen molar-refractivity contribution in [3.8, 4) is 5.75 Å². The topological polar surface area (TPSA) is 95.7 Å². The third-order valence-corrected chi connectivity index (χ3v) is 3.71. The monoisotopic (exact) mass is 343 g/mol. The first kappa shape index (κ1) is 18.1. The first-order valence-electron chi connectivity index (χ1n) is 7.43. The van der Waals surface area contributed by atoms with Crippen LogP contribution in [0.15, 0.2) is 36.4 Å². The summed E-state index contributed by atoms with van der Waals surface area (Å²) in [5.74, 6) is -0.654. The molecule has 2 aromatic rings. The van der Waals surface area contributed by atoms with Crippen LogP contribution in [0.1, 0.15) is 31.8 Å². The lowest BCUT2D eigenvalue weighted by Crippen LogP contribution is -2.14. The number of ketones is 1. The molecule has 7 heteroatoms. The van der Waals surface area contributed by atoms with E-state index >= 15 is 0 Å². The van der Waals surface area contributed by atoms with Gasteiger partial charge in [0.2, 0.25) is 5.78 Å². The standard InChI is InChI=1S/C18H17NO6/c1-11-4-6-13(8-15(11)19(22)23)16(20)10-25-18(21)14-7-5-12(2)17(9-14)24-3/h4-9H,10H2,1-3H3. The van der Waals surface area contributed by atoms with Gasteiger partial charge < -0.3 is 9.47 Å². The minimum atomic E-state index is -0.673. The lowest BCUT2D eigenvalue weighted by Gasteiger charge is -2.08. The molecule has 0 saturated carbocycles. The lowest BCUT2D eigenvalue weighted by molar-refractivity contribution is -0.385. The van der Waals surface area contributed by atoms with Crippen molar-refractivity contribution in [1.82, 2.24) is 0 Å². The summed E-state index contributed by atoms with van der Waals surface area (Å²) < 4.78 is 10.1. The first-order valence-corrected chi connectivity index (χ1v) is 7.43. The molecule has 0 fully saturated rings. The third kappa shape index (κ3) is 4.20. The molecule has 0 aliphatic rings. The van der Waals surface area contributed by atoms with Crippen LogP contribution in [-0.4, -0.2) is 30.4 Å². The molecule has 0 bridgehead atoms. The number of methoxy groups -OCH3 is 1. The van der Waals surface area contributed by atoms with Gasteiger partial charge in [-0.3, -0.25) is 14.9 Å². The molecular formula is C18H17NO6. The summed E-state index contributed by atoms with van der Waals surface area (Å²) in [6.45, 7) is 2.91. The Morgan fingerprint density at radius 1 is 1.04 bits per heavy atom. The second-order valence-corrected chi connectivity index (χ2v) is 5.44. The van der Waals surface area contributed by atoms with E-state index < -0.39 is 23.3 Å². The molecule has 0 heterocycles. The number of Topliss-reactive ketones (excluding diaryl/α,β-unsaturated/α-hetero) is 1. The van der Waals surface area contributed by atoms with Gasteiger partial charge in [-0.05, 0) is 31.5 Å². The highest BCUT2D eigenvalue weighted by molar-refractivity contribution is 6.00. The van der Waals surface area contributed by atoms with Crippen LogP contribution < -0.4 is 4.74 Å². The molecule has 0 N–H and O–H groups in total. The van der Waals surface area contributed by atoms with Crippen LogP contribution in [0.4, 0.5) is 5.69 Å². The van der Waals surface area contributed by atoms with Gasteiger partial charge in [-0.2, -0.15) is 0 Å². The number of hydrogen-bond donors (Lipinski definition) is 0. The largest absolute Gasteiger partial charge is 0.496 e. The minimum Gasteiger partial charge on any atom is -0.496 e. The van der Waals surface area contributed by atoms with E-state index in [0.717, 1.165) is 5.56 Å². The van der Waals surface area contributed by atoms with E-state index in [-0.39, 0.29) is 16.8 Å². The summed E-state index contributed by atoms with van der Waals surface area (Å²) in [6.07, 6.45) is 0. The number of ether oxygens (including phenoxy) is 2. The molecule has 0 unspecified atom stereocenters. The summed E-state index contributed by atoms with van der Waals surface area (Å²) in [5, 5.41) is 10.9. The number of esters is 1. The van der Waals surface area contributed by atoms with Gasteiger partial charge in [0, 0.05) is 17.2 Å². The quantitative estimate of drug-likeness (QED) is 0.346. The van der Waals surface area contributed by atoms with Crippen molar-refractivity contribution in [3.05, 3.63) is 68.8 Å². The third-order valence-electron chi connectivity index (χ3n) is 3.71. The van der Waals surface area contributed by atoms with Crippen LogP contribution >= 0.6 is 0 Å². The van der Waals surface area contributed by atoms with Crippen molar-refractivity contribution in [2.24, 2.45) is 0 Å². The van der Waals surface area contributed by atoms with Gasteiger partial charge in [0.1, 0.15) is 5.75 Å². The Labute approximate surface area is 144 Å². The first-order chi connectivity index (χ1) is 11.8. The highest BCUT2D eigenvalue weighted by Gasteiger charge is 2.17. The Hall–Kier alpha value is -3.22. The smallest absolute Gasteiger partial charge is 0.338 e. The number of nitro groups is 1. The molecule has 2 rings (SSSR count). The minimum absolute atomic E-state index is 0.117. The molecule has 0 saturated heterocycles. The molecule has 2 aromatic carbocycles. The van der Waals surface area contributed by atoms with Crippen LogP contribution in [0.3, 0.4) is 0 Å². The Kier molecular flexibility index (Phi) is 5.49. The number of hydrogen-bond acceptors (Lipinski definition) is 6. The van der Waals surface area contributed by atoms with Gasteiger partial charge in [-0.25, -0.2) is 4.79 Å². The van der Waals surface area contributed by atoms with E-state index in [4.69, 9.17) is 9.47 Å². The van der Waals surface area contributed by atoms with Gasteiger partial charge >= 0.3 is 5.97 Å². The van der Waals surface area contributed by atoms with Gasteiger partial charge in [-0.1, -0.05) is 18.2 Å². The van der Waals surface area contributed by atoms with Crippen LogP contribution in [0.5, 0.6) is 5.75 Å². The van der Waals surface area contributed by atoms with Crippen molar-refractivity contribution in [3.63, 3.8) is 0 Å². The number of carbonyl (C=O) groups excluding carboxylic acids is 2. The Morgan fingerprint density at radius 3 is 2.32 bits per heavy atom. The van der Waals surface area contributed by atoms with Crippen LogP contribution in [0, 0.1) is 24.0 Å². The van der Waals surface area contributed by atoms with Gasteiger partial charge in [-0.15, -0.1) is 0 Å². The number of nitrogens with zero attached hydrogens (tertiary/aromatic N) is 1. The summed E-state index contributed by atoms with van der Waals surface area (Å²) in [4.78, 5) is 34.5. The Morgan fingerprint density at radius 2 is 1.68 bits per heavy atom. The zero-order valence-electron chi connectivity index (χ0n) is 14.1. The van der Waals surface area contributed by atoms with Crippen LogP contribution in [-0.2, 0) is 4.74 Å². The fourth-order valence-electron chi connectivity index (χ4n) is 2.22. The summed E-state index contributed by atoms with van der Waals surface area (Å²) in [7, 11) is 1.49. The van der Waals surface area contributed by atoms with Crippen molar-refractivity contribution in [1.29, 1.82) is 0 Å². The molecule has 0 aromatic heterocycles. The molecule has 0 spiro atoms. The molecule has 0 amide bonds. The predicted molar refractivity (Wildman–Crippen MR) is 90.2 cm³/mol. The van der Waals surface area contributed by atoms with Gasteiger partial charge in [0.05, 0.1) is 17.6 Å². The van der Waals surface area contributed by atoms with E-state index in [9.17, 15) is 19.7 Å². The number of carbonyl (C=O) groups is 2. The summed E-state index contributed by atoms with van der Waals surface area (Å²) in [5.41, 5.74) is 1.53. The number of rotatable bonds is 6. The SMILES string of the molecule is COc1cc(C(=O)OCC(=O)c2ccc(C)c([N+](=O)[O-])c2)ccc1C. The normalized spacial score (nSPS) is 10.2. The van der Waals surface area contributed by atoms with Gasteiger partial charge in [0.15, 0.2) is 6.61 Å². The van der Waals surface area contributed by atoms with E-state index in [1.54, 1.807) is 19.1 Å². The lowest BCUT2D eigenvalue weighted by atomic mass is 10.1. The molecule has 0 aliphatic carbocycles. The van der Waals surface area contributed by atoms with Crippen molar-refractivity contribution < 1.29 is 24.0 Å². The fourth-order valence-corrected chi connectivity index (χ4v) is 2.22. The molecule has 7 nitrogen and oxygen atoms in total. The number of benzene rings is 2. The van der Waals surface area contributed by atoms with Crippen molar-refractivity contribution in [2.45, 2.75) is 13.8 Å². The molecule has 0 radical (unpaired) electrons. The second-order valence-electron chi connectivity index (χ2n) is 5.44. The Bertz CT molecular complexity index is 843. The average Bonchev–Trinajstić information content (AvgIpc) is 2.59. The van der Waals surface area contributed by atoms with Crippen LogP contribution in [0.25, 0.3) is 0 Å². The van der Waals surface area contributed by atoms with E-state index in [2.05, 4.69) is 0 Å². The zero-order chi connectivity index (χ0) is 18.6. The van der Waals surface area contributed by atoms with Crippen molar-refractivity contribution in [2.75, 3.05) is 13.7 Å². The maximum atomic E-state index is 12.1. The van der Waals surface area contributed by atoms with Gasteiger partial charge in [0.25, 0.3) is 5.69 Å². The average molecular weight is 343 g/mol. The maximum Gasteiger partial charge on any atom is 0.338 e. The maximum absolute atomic E-state index is 12.1. The summed E-state index contributed by atoms with van der Waals surface area (Å²) >= 11 is 0. The fraction of sp³-hybridized carbons (Fsp3) is 0.222. The van der Waals surface area contributed by atoms with E-state index in [1.807, 2.05) is 6.92 Å². The summed E-state index contributed by atoms with van der Waals surface area (Å²) in [6, 6.07) is 8.94. The number of nitro benzene ring substituents is 1. The highest BCUT2D eigenvalue weighted by Crippen LogP contribution is 2.21. The second kappa shape index (κ2) is 7.57. The predicted octanol–water partition coefficient (Wildman–Crippen LogP) is 3.26. The van der Waals surface area contributed by atoms with Crippen molar-refractivity contribution >= 4 is 17.4 Å². The Balaban J connectivity index is 2.08. The van der Waals surface area contributed by atoms with E-state index in [1.165, 1.54) is 31.4 Å².